The summed E-state index contributed by atoms with van der Waals surface area (Å²) in [6.07, 6.45) is 0. The predicted molar refractivity (Wildman–Crippen MR) is 117 cm³/mol. The van der Waals surface area contributed by atoms with E-state index in [0.29, 0.717) is 43.6 Å². The second kappa shape index (κ2) is 9.04. The van der Waals surface area contributed by atoms with Crippen molar-refractivity contribution < 1.29 is 9.53 Å². The zero-order valence-corrected chi connectivity index (χ0v) is 17.4. The van der Waals surface area contributed by atoms with Gasteiger partial charge in [-0.05, 0) is 37.3 Å². The average molecular weight is 427 g/mol. The largest absolute Gasteiger partial charge is 0.492 e. The van der Waals surface area contributed by atoms with E-state index in [1.807, 2.05) is 43.3 Å². The SMILES string of the molecule is CCOc1ccccc1N1CCN(C(=O)c2n[nH]nc2Nc2cccc(Cl)c2)CC1. The number of hydrogen-bond acceptors (Lipinski definition) is 6. The maximum Gasteiger partial charge on any atom is 0.278 e. The van der Waals surface area contributed by atoms with Gasteiger partial charge in [0.15, 0.2) is 11.5 Å². The first-order valence-electron chi connectivity index (χ1n) is 9.85. The van der Waals surface area contributed by atoms with Crippen LogP contribution in [-0.4, -0.2) is 59.0 Å². The highest BCUT2D eigenvalue weighted by Gasteiger charge is 2.27. The Labute approximate surface area is 179 Å². The Kier molecular flexibility index (Phi) is 6.04. The smallest absolute Gasteiger partial charge is 0.278 e. The molecule has 1 aliphatic rings. The van der Waals surface area contributed by atoms with Gasteiger partial charge in [0.1, 0.15) is 5.75 Å². The zero-order valence-electron chi connectivity index (χ0n) is 16.6. The number of carbonyl (C=O) groups is 1. The molecule has 1 saturated heterocycles. The summed E-state index contributed by atoms with van der Waals surface area (Å²) in [4.78, 5) is 17.1. The number of H-pyrrole nitrogens is 1. The number of aromatic nitrogens is 3. The minimum Gasteiger partial charge on any atom is -0.492 e. The number of nitrogens with zero attached hydrogens (tertiary/aromatic N) is 4. The van der Waals surface area contributed by atoms with Crippen molar-refractivity contribution in [3.63, 3.8) is 0 Å². The van der Waals surface area contributed by atoms with Crippen LogP contribution in [0.4, 0.5) is 17.2 Å². The molecule has 1 fully saturated rings. The van der Waals surface area contributed by atoms with Crippen molar-refractivity contribution in [1.82, 2.24) is 20.3 Å². The molecule has 9 heteroatoms. The van der Waals surface area contributed by atoms with Gasteiger partial charge in [-0.1, -0.05) is 29.8 Å². The second-order valence-corrected chi connectivity index (χ2v) is 7.27. The van der Waals surface area contributed by atoms with Crippen LogP contribution in [0.5, 0.6) is 5.75 Å². The number of hydrogen-bond donors (Lipinski definition) is 2. The van der Waals surface area contributed by atoms with Crippen LogP contribution in [0.15, 0.2) is 48.5 Å². The molecular weight excluding hydrogens is 404 g/mol. The first-order chi connectivity index (χ1) is 14.7. The van der Waals surface area contributed by atoms with Crippen molar-refractivity contribution in [3.8, 4) is 5.75 Å². The number of aromatic amines is 1. The van der Waals surface area contributed by atoms with Gasteiger partial charge in [0.25, 0.3) is 5.91 Å². The van der Waals surface area contributed by atoms with E-state index >= 15 is 0 Å². The minimum absolute atomic E-state index is 0.161. The van der Waals surface area contributed by atoms with E-state index in [1.165, 1.54) is 0 Å². The van der Waals surface area contributed by atoms with Crippen molar-refractivity contribution in [2.75, 3.05) is 43.0 Å². The van der Waals surface area contributed by atoms with E-state index in [2.05, 4.69) is 25.6 Å². The van der Waals surface area contributed by atoms with E-state index < -0.39 is 0 Å². The van der Waals surface area contributed by atoms with Crippen LogP contribution in [0.25, 0.3) is 0 Å². The lowest BCUT2D eigenvalue weighted by Gasteiger charge is -2.36. The highest BCUT2D eigenvalue weighted by molar-refractivity contribution is 6.30. The Morgan fingerprint density at radius 2 is 1.93 bits per heavy atom. The number of nitrogens with one attached hydrogen (secondary N) is 2. The molecule has 1 aromatic heterocycles. The molecule has 1 amide bonds. The topological polar surface area (TPSA) is 86.4 Å². The Balaban J connectivity index is 1.43. The number of ether oxygens (including phenoxy) is 1. The predicted octanol–water partition coefficient (Wildman–Crippen LogP) is 3.56. The van der Waals surface area contributed by atoms with Crippen molar-refractivity contribution >= 4 is 34.7 Å². The maximum absolute atomic E-state index is 13.0. The summed E-state index contributed by atoms with van der Waals surface area (Å²) in [5, 5.41) is 14.4. The first kappa shape index (κ1) is 20.0. The molecule has 156 valence electrons. The monoisotopic (exact) mass is 426 g/mol. The lowest BCUT2D eigenvalue weighted by molar-refractivity contribution is 0.0741. The molecule has 30 heavy (non-hydrogen) atoms. The van der Waals surface area contributed by atoms with Crippen molar-refractivity contribution in [3.05, 3.63) is 59.2 Å². The number of benzene rings is 2. The van der Waals surface area contributed by atoms with Gasteiger partial charge in [0.05, 0.1) is 12.3 Å². The molecule has 4 rings (SSSR count). The Morgan fingerprint density at radius 3 is 2.70 bits per heavy atom. The fourth-order valence-electron chi connectivity index (χ4n) is 3.47. The Bertz CT molecular complexity index is 1020. The van der Waals surface area contributed by atoms with Crippen LogP contribution < -0.4 is 15.0 Å². The van der Waals surface area contributed by atoms with E-state index in [4.69, 9.17) is 16.3 Å². The van der Waals surface area contributed by atoms with Crippen LogP contribution in [0, 0.1) is 0 Å². The lowest BCUT2D eigenvalue weighted by atomic mass is 10.2. The molecule has 2 aromatic carbocycles. The van der Waals surface area contributed by atoms with Crippen molar-refractivity contribution in [1.29, 1.82) is 0 Å². The Hall–Kier alpha value is -3.26. The van der Waals surface area contributed by atoms with Crippen LogP contribution in [-0.2, 0) is 0 Å². The van der Waals surface area contributed by atoms with Gasteiger partial charge in [-0.15, -0.1) is 10.2 Å². The van der Waals surface area contributed by atoms with Crippen LogP contribution in [0.2, 0.25) is 5.02 Å². The summed E-state index contributed by atoms with van der Waals surface area (Å²) in [6.45, 7) is 5.19. The molecule has 0 radical (unpaired) electrons. The normalized spacial score (nSPS) is 13.9. The van der Waals surface area contributed by atoms with E-state index in [9.17, 15) is 4.79 Å². The fourth-order valence-corrected chi connectivity index (χ4v) is 3.66. The molecular formula is C21H23ClN6O2. The number of para-hydroxylation sites is 2. The van der Waals surface area contributed by atoms with Crippen molar-refractivity contribution in [2.24, 2.45) is 0 Å². The van der Waals surface area contributed by atoms with Gasteiger partial charge < -0.3 is 19.9 Å². The van der Waals surface area contributed by atoms with E-state index in [0.717, 1.165) is 17.1 Å². The average Bonchev–Trinajstić information content (AvgIpc) is 3.22. The number of amides is 1. The maximum atomic E-state index is 13.0. The molecule has 2 N–H and O–H groups in total. The highest BCUT2D eigenvalue weighted by atomic mass is 35.5. The van der Waals surface area contributed by atoms with Crippen LogP contribution in [0.1, 0.15) is 17.4 Å². The van der Waals surface area contributed by atoms with E-state index in [-0.39, 0.29) is 11.6 Å². The highest BCUT2D eigenvalue weighted by Crippen LogP contribution is 2.29. The summed E-state index contributed by atoms with van der Waals surface area (Å²) < 4.78 is 5.74. The molecule has 0 bridgehead atoms. The third kappa shape index (κ3) is 4.33. The summed E-state index contributed by atoms with van der Waals surface area (Å²) in [5.41, 5.74) is 2.05. The summed E-state index contributed by atoms with van der Waals surface area (Å²) in [5.74, 6) is 1.08. The molecule has 0 aliphatic carbocycles. The zero-order chi connectivity index (χ0) is 20.9. The lowest BCUT2D eigenvalue weighted by Crippen LogP contribution is -2.49. The van der Waals surface area contributed by atoms with Gasteiger partial charge in [0, 0.05) is 36.9 Å². The van der Waals surface area contributed by atoms with Gasteiger partial charge in [-0.3, -0.25) is 4.79 Å². The number of piperazine rings is 1. The minimum atomic E-state index is -0.161. The summed E-state index contributed by atoms with van der Waals surface area (Å²) in [7, 11) is 0. The number of carbonyl (C=O) groups excluding carboxylic acids is 1. The third-order valence-corrected chi connectivity index (χ3v) is 5.15. The van der Waals surface area contributed by atoms with E-state index in [1.54, 1.807) is 17.0 Å². The van der Waals surface area contributed by atoms with Crippen LogP contribution in [0.3, 0.4) is 0 Å². The second-order valence-electron chi connectivity index (χ2n) is 6.84. The molecule has 0 spiro atoms. The fraction of sp³-hybridized carbons (Fsp3) is 0.286. The summed E-state index contributed by atoms with van der Waals surface area (Å²) >= 11 is 6.03. The van der Waals surface area contributed by atoms with Gasteiger partial charge in [0.2, 0.25) is 0 Å². The number of rotatable bonds is 6. The molecule has 0 unspecified atom stereocenters. The van der Waals surface area contributed by atoms with Gasteiger partial charge >= 0.3 is 0 Å². The molecule has 0 atom stereocenters. The van der Waals surface area contributed by atoms with Gasteiger partial charge in [-0.2, -0.15) is 5.21 Å². The quantitative estimate of drug-likeness (QED) is 0.626. The summed E-state index contributed by atoms with van der Waals surface area (Å²) in [6, 6.07) is 15.2. The van der Waals surface area contributed by atoms with Crippen molar-refractivity contribution in [2.45, 2.75) is 6.92 Å². The third-order valence-electron chi connectivity index (χ3n) is 4.91. The standard InChI is InChI=1S/C21H23ClN6O2/c1-2-30-18-9-4-3-8-17(18)27-10-12-28(13-11-27)21(29)19-20(25-26-24-19)23-16-7-5-6-15(22)14-16/h3-9,14H,2,10-13H2,1H3,(H2,23,24,25,26). The molecule has 2 heterocycles. The Morgan fingerprint density at radius 1 is 1.13 bits per heavy atom. The molecule has 3 aromatic rings. The molecule has 8 nitrogen and oxygen atoms in total. The first-order valence-corrected chi connectivity index (χ1v) is 10.2. The molecule has 0 saturated carbocycles. The van der Waals surface area contributed by atoms with Gasteiger partial charge in [-0.25, -0.2) is 0 Å². The molecule has 1 aliphatic heterocycles. The number of anilines is 3. The van der Waals surface area contributed by atoms with Crippen LogP contribution >= 0.6 is 11.6 Å². The number of halogens is 1.